The summed E-state index contributed by atoms with van der Waals surface area (Å²) in [6.45, 7) is 9.55. The Morgan fingerprint density at radius 3 is 2.35 bits per heavy atom. The van der Waals surface area contributed by atoms with E-state index in [9.17, 15) is 14.4 Å². The van der Waals surface area contributed by atoms with Crippen LogP contribution in [0.1, 0.15) is 41.0 Å². The first-order valence-electron chi connectivity index (χ1n) is 6.94. The average molecular weight is 282 g/mol. The molecule has 4 amide bonds. The van der Waals surface area contributed by atoms with E-state index in [0.717, 1.165) is 0 Å². The smallest absolute Gasteiger partial charge is 0.331 e. The summed E-state index contributed by atoms with van der Waals surface area (Å²) in [6, 6.07) is -0.855. The van der Waals surface area contributed by atoms with Gasteiger partial charge in [0.05, 0.1) is 12.1 Å². The van der Waals surface area contributed by atoms with Crippen LogP contribution in [-0.2, 0) is 14.3 Å². The third kappa shape index (κ3) is 1.93. The van der Waals surface area contributed by atoms with Crippen molar-refractivity contribution in [2.75, 3.05) is 6.61 Å². The van der Waals surface area contributed by atoms with Gasteiger partial charge in [0, 0.05) is 12.0 Å². The lowest BCUT2D eigenvalue weighted by molar-refractivity contribution is -0.170. The van der Waals surface area contributed by atoms with Gasteiger partial charge < -0.3 is 4.74 Å². The van der Waals surface area contributed by atoms with Crippen LogP contribution >= 0.6 is 0 Å². The van der Waals surface area contributed by atoms with E-state index in [-0.39, 0.29) is 17.6 Å². The lowest BCUT2D eigenvalue weighted by atomic mass is 9.63. The second-order valence-corrected chi connectivity index (χ2v) is 6.58. The number of carbonyl (C=O) groups is 3. The van der Waals surface area contributed by atoms with Gasteiger partial charge in [-0.05, 0) is 27.2 Å². The molecule has 0 aromatic carbocycles. The Hall–Kier alpha value is -1.43. The topological polar surface area (TPSA) is 75.7 Å². The Morgan fingerprint density at radius 1 is 1.25 bits per heavy atom. The molecule has 1 aliphatic heterocycles. The number of rotatable bonds is 3. The maximum Gasteiger partial charge on any atom is 0.331 e. The molecule has 0 aromatic heterocycles. The van der Waals surface area contributed by atoms with Crippen molar-refractivity contribution in [1.29, 1.82) is 0 Å². The highest BCUT2D eigenvalue weighted by Crippen LogP contribution is 2.47. The number of urea groups is 1. The second kappa shape index (κ2) is 4.55. The summed E-state index contributed by atoms with van der Waals surface area (Å²) in [5.41, 5.74) is -1.51. The normalized spacial score (nSPS) is 31.9. The van der Waals surface area contributed by atoms with Gasteiger partial charge in [0.25, 0.3) is 0 Å². The number of imide groups is 2. The third-order valence-corrected chi connectivity index (χ3v) is 4.57. The van der Waals surface area contributed by atoms with Gasteiger partial charge in [-0.1, -0.05) is 13.8 Å². The van der Waals surface area contributed by atoms with Crippen LogP contribution < -0.4 is 5.32 Å². The molecule has 1 heterocycles. The zero-order valence-corrected chi connectivity index (χ0v) is 12.6. The first kappa shape index (κ1) is 15.0. The fourth-order valence-corrected chi connectivity index (χ4v) is 2.87. The Morgan fingerprint density at radius 2 is 1.85 bits per heavy atom. The molecule has 1 N–H and O–H groups in total. The van der Waals surface area contributed by atoms with Crippen LogP contribution in [0.2, 0.25) is 0 Å². The van der Waals surface area contributed by atoms with Crippen LogP contribution in [0.5, 0.6) is 0 Å². The first-order chi connectivity index (χ1) is 9.14. The van der Waals surface area contributed by atoms with Crippen LogP contribution in [0.3, 0.4) is 0 Å². The molecular formula is C14H22N2O4. The summed E-state index contributed by atoms with van der Waals surface area (Å²) >= 11 is 0. The summed E-state index contributed by atoms with van der Waals surface area (Å²) in [6.07, 6.45) is 0.642. The van der Waals surface area contributed by atoms with Crippen LogP contribution in [0.25, 0.3) is 0 Å². The van der Waals surface area contributed by atoms with Gasteiger partial charge in [0.1, 0.15) is 5.41 Å². The van der Waals surface area contributed by atoms with Crippen molar-refractivity contribution in [2.45, 2.75) is 53.2 Å². The van der Waals surface area contributed by atoms with Gasteiger partial charge in [0.15, 0.2) is 0 Å². The number of amides is 4. The minimum Gasteiger partial charge on any atom is -0.378 e. The van der Waals surface area contributed by atoms with Gasteiger partial charge in [0.2, 0.25) is 11.8 Å². The fourth-order valence-electron chi connectivity index (χ4n) is 2.87. The third-order valence-electron chi connectivity index (χ3n) is 4.57. The van der Waals surface area contributed by atoms with Crippen LogP contribution in [0, 0.1) is 10.8 Å². The summed E-state index contributed by atoms with van der Waals surface area (Å²) < 4.78 is 5.62. The monoisotopic (exact) mass is 282 g/mol. The summed E-state index contributed by atoms with van der Waals surface area (Å²) in [5, 5.41) is 2.27. The molecule has 112 valence electrons. The minimum atomic E-state index is -1.21. The lowest BCUT2D eigenvalue weighted by Crippen LogP contribution is -2.71. The van der Waals surface area contributed by atoms with Crippen molar-refractivity contribution in [3.05, 3.63) is 0 Å². The Bertz CT molecular complexity index is 470. The molecule has 20 heavy (non-hydrogen) atoms. The van der Waals surface area contributed by atoms with Gasteiger partial charge in [-0.2, -0.15) is 0 Å². The van der Waals surface area contributed by atoms with Crippen molar-refractivity contribution in [1.82, 2.24) is 10.2 Å². The molecule has 6 nitrogen and oxygen atoms in total. The Kier molecular flexibility index (Phi) is 3.40. The van der Waals surface area contributed by atoms with E-state index in [0.29, 0.717) is 13.0 Å². The number of nitrogens with one attached hydrogen (secondary N) is 1. The van der Waals surface area contributed by atoms with Crippen LogP contribution in [-0.4, -0.2) is 41.5 Å². The highest BCUT2D eigenvalue weighted by atomic mass is 16.5. The van der Waals surface area contributed by atoms with E-state index in [1.807, 2.05) is 20.8 Å². The second-order valence-electron chi connectivity index (χ2n) is 6.58. The van der Waals surface area contributed by atoms with Gasteiger partial charge >= 0.3 is 6.03 Å². The quantitative estimate of drug-likeness (QED) is 0.792. The SMILES string of the molecule is CCOC1CC(N2C(=O)NC(=O)C(C)(C)C2=O)C1(C)C. The van der Waals surface area contributed by atoms with Crippen molar-refractivity contribution in [3.8, 4) is 0 Å². The van der Waals surface area contributed by atoms with E-state index < -0.39 is 23.3 Å². The molecule has 1 aliphatic carbocycles. The first-order valence-corrected chi connectivity index (χ1v) is 6.94. The molecule has 1 saturated carbocycles. The van der Waals surface area contributed by atoms with E-state index in [1.54, 1.807) is 0 Å². The van der Waals surface area contributed by atoms with E-state index in [1.165, 1.54) is 18.7 Å². The summed E-state index contributed by atoms with van der Waals surface area (Å²) in [5.74, 6) is -0.971. The molecule has 6 heteroatoms. The molecule has 2 aliphatic rings. The Labute approximate surface area is 118 Å². The van der Waals surface area contributed by atoms with E-state index in [4.69, 9.17) is 4.74 Å². The van der Waals surface area contributed by atoms with Gasteiger partial charge in [-0.3, -0.25) is 19.8 Å². The number of hydrogen-bond donors (Lipinski definition) is 1. The number of carbonyl (C=O) groups excluding carboxylic acids is 3. The molecule has 0 bridgehead atoms. The highest BCUT2D eigenvalue weighted by molar-refractivity contribution is 6.18. The molecular weight excluding hydrogens is 260 g/mol. The van der Waals surface area contributed by atoms with Crippen molar-refractivity contribution < 1.29 is 19.1 Å². The molecule has 2 atom stereocenters. The predicted molar refractivity (Wildman–Crippen MR) is 71.8 cm³/mol. The van der Waals surface area contributed by atoms with E-state index in [2.05, 4.69) is 5.32 Å². The number of barbiturate groups is 1. The standard InChI is InChI=1S/C14H22N2O4/c1-6-20-9-7-8(13(9,2)3)16-11(18)14(4,5)10(17)15-12(16)19/h8-9H,6-7H2,1-5H3,(H,15,17,19). The van der Waals surface area contributed by atoms with Crippen molar-refractivity contribution >= 4 is 17.8 Å². The maximum atomic E-state index is 12.5. The van der Waals surface area contributed by atoms with Crippen LogP contribution in [0.4, 0.5) is 4.79 Å². The molecule has 0 aromatic rings. The van der Waals surface area contributed by atoms with E-state index >= 15 is 0 Å². The highest BCUT2D eigenvalue weighted by Gasteiger charge is 2.58. The zero-order chi connectivity index (χ0) is 15.3. The minimum absolute atomic E-state index is 0.0267. The number of hydrogen-bond acceptors (Lipinski definition) is 4. The maximum absolute atomic E-state index is 12.5. The molecule has 2 rings (SSSR count). The average Bonchev–Trinajstić information content (AvgIpc) is 2.35. The van der Waals surface area contributed by atoms with Gasteiger partial charge in [-0.25, -0.2) is 4.79 Å². The van der Waals surface area contributed by atoms with Gasteiger partial charge in [-0.15, -0.1) is 0 Å². The van der Waals surface area contributed by atoms with Crippen molar-refractivity contribution in [3.63, 3.8) is 0 Å². The Balaban J connectivity index is 2.23. The summed E-state index contributed by atoms with van der Waals surface area (Å²) in [4.78, 5) is 37.4. The molecule has 0 radical (unpaired) electrons. The molecule has 1 saturated heterocycles. The fraction of sp³-hybridized carbons (Fsp3) is 0.786. The number of ether oxygens (including phenoxy) is 1. The molecule has 2 unspecified atom stereocenters. The molecule has 0 spiro atoms. The summed E-state index contributed by atoms with van der Waals surface area (Å²) in [7, 11) is 0. The predicted octanol–water partition coefficient (Wildman–Crippen LogP) is 1.29. The van der Waals surface area contributed by atoms with Crippen LogP contribution in [0.15, 0.2) is 0 Å². The van der Waals surface area contributed by atoms with Crippen molar-refractivity contribution in [2.24, 2.45) is 10.8 Å². The number of nitrogens with zero attached hydrogens (tertiary/aromatic N) is 1. The molecule has 2 fully saturated rings. The zero-order valence-electron chi connectivity index (χ0n) is 12.6. The largest absolute Gasteiger partial charge is 0.378 e. The lowest BCUT2D eigenvalue weighted by Gasteiger charge is -2.56.